The number of ether oxygens (including phenoxy) is 1. The van der Waals surface area contributed by atoms with Crippen LogP contribution in [0.15, 0.2) is 53.8 Å². The Hall–Kier alpha value is -4.32. The van der Waals surface area contributed by atoms with Crippen molar-refractivity contribution in [2.75, 3.05) is 6.54 Å². The molecule has 39 heavy (non-hydrogen) atoms. The number of aliphatic hydroxyl groups excluding tert-OH is 1. The van der Waals surface area contributed by atoms with Crippen molar-refractivity contribution >= 4 is 5.91 Å². The molecule has 10 nitrogen and oxygen atoms in total. The molecular formula is C29H36N7O3+. The van der Waals surface area contributed by atoms with Crippen LogP contribution >= 0.6 is 0 Å². The zero-order valence-electron chi connectivity index (χ0n) is 23.3. The van der Waals surface area contributed by atoms with E-state index < -0.39 is 18.1 Å². The molecule has 0 saturated carbocycles. The van der Waals surface area contributed by atoms with Gasteiger partial charge in [-0.25, -0.2) is 4.98 Å². The lowest BCUT2D eigenvalue weighted by Gasteiger charge is -2.22. The maximum atomic E-state index is 13.1. The minimum Gasteiger partial charge on any atom is -0.490 e. The van der Waals surface area contributed by atoms with Gasteiger partial charge in [0.05, 0.1) is 23.4 Å². The molecule has 3 rings (SSSR count). The quantitative estimate of drug-likeness (QED) is 0.264. The molecule has 0 aliphatic heterocycles. The van der Waals surface area contributed by atoms with Gasteiger partial charge in [0.15, 0.2) is 6.54 Å². The smallest absolute Gasteiger partial charge is 0.251 e. The van der Waals surface area contributed by atoms with Gasteiger partial charge in [-0.1, -0.05) is 45.0 Å². The van der Waals surface area contributed by atoms with Crippen LogP contribution in [0.3, 0.4) is 0 Å². The number of benzene rings is 2. The lowest BCUT2D eigenvalue weighted by atomic mass is 9.96. The molecule has 0 saturated heterocycles. The summed E-state index contributed by atoms with van der Waals surface area (Å²) in [4.78, 5) is 20.9. The van der Waals surface area contributed by atoms with E-state index in [-0.39, 0.29) is 29.2 Å². The van der Waals surface area contributed by atoms with Gasteiger partial charge in [0.1, 0.15) is 34.4 Å². The maximum Gasteiger partial charge on any atom is 0.251 e. The Bertz CT molecular complexity index is 1390. The molecule has 0 spiro atoms. The second-order valence-electron chi connectivity index (χ2n) is 10.8. The first-order chi connectivity index (χ1) is 18.4. The Morgan fingerprint density at radius 1 is 1.26 bits per heavy atom. The minimum atomic E-state index is -1.08. The topological polar surface area (TPSA) is 150 Å². The predicted octanol–water partition coefficient (Wildman–Crippen LogP) is 4.30. The number of aromatic nitrogens is 2. The lowest BCUT2D eigenvalue weighted by molar-refractivity contribution is 0.0843. The molecule has 2 aromatic carbocycles. The number of nitrogens with zero attached hydrogens (tertiary/aromatic N) is 5. The molecule has 1 unspecified atom stereocenters. The third kappa shape index (κ3) is 7.60. The number of amides is 1. The average molecular weight is 531 g/mol. The summed E-state index contributed by atoms with van der Waals surface area (Å²) in [6, 6.07) is 13.8. The SMILES string of the molecule is CC(C)Oc1ccc(C(=O)N[C@@H](Cc2ccc(-c3cn(C)c(C(C)(C)C)n3)cc2)C(O)CN=[N+]=N)cc1C#N. The fraction of sp³-hybridized carbons (Fsp3) is 0.414. The molecule has 10 heteroatoms. The van der Waals surface area contributed by atoms with E-state index in [1.165, 1.54) is 6.07 Å². The Morgan fingerprint density at radius 3 is 2.51 bits per heavy atom. The van der Waals surface area contributed by atoms with E-state index in [1.54, 1.807) is 12.1 Å². The molecule has 1 amide bonds. The molecule has 204 valence electrons. The van der Waals surface area contributed by atoms with Gasteiger partial charge < -0.3 is 19.7 Å². The first kappa shape index (κ1) is 29.2. The fourth-order valence-corrected chi connectivity index (χ4v) is 4.27. The van der Waals surface area contributed by atoms with Gasteiger partial charge in [-0.2, -0.15) is 5.26 Å². The van der Waals surface area contributed by atoms with Crippen LogP contribution in [0.5, 0.6) is 5.75 Å². The third-order valence-corrected chi connectivity index (χ3v) is 6.10. The summed E-state index contributed by atoms with van der Waals surface area (Å²) in [6.07, 6.45) is 1.12. The summed E-state index contributed by atoms with van der Waals surface area (Å²) in [5.74, 6) is 0.938. The molecule has 3 aromatic rings. The number of hydrogen-bond acceptors (Lipinski definition) is 7. The first-order valence-electron chi connectivity index (χ1n) is 12.8. The molecule has 0 aliphatic rings. The maximum absolute atomic E-state index is 13.1. The zero-order valence-corrected chi connectivity index (χ0v) is 23.3. The number of imidazole rings is 1. The van der Waals surface area contributed by atoms with Gasteiger partial charge in [-0.05, 0) is 44.0 Å². The first-order valence-corrected chi connectivity index (χ1v) is 12.8. The van der Waals surface area contributed by atoms with Crippen LogP contribution in [0.1, 0.15) is 61.9 Å². The second kappa shape index (κ2) is 12.5. The standard InChI is InChI=1S/C29H35N7O3/c1-18(2)39-26-12-11-21(14-22(26)15-30)27(38)33-23(25(37)16-32-35-31)13-19-7-9-20(10-8-19)24-17-36(6)28(34-24)29(3,4)5/h7-12,14,17-18,23,25,31,37H,13,16H2,1-6H3/p+1/t23-,25?/m0/s1. The molecule has 1 aromatic heterocycles. The van der Waals surface area contributed by atoms with Gasteiger partial charge in [-0.3, -0.25) is 4.79 Å². The van der Waals surface area contributed by atoms with Crippen LogP contribution in [0, 0.1) is 16.9 Å². The largest absolute Gasteiger partial charge is 0.490 e. The fourth-order valence-electron chi connectivity index (χ4n) is 4.27. The van der Waals surface area contributed by atoms with E-state index in [0.29, 0.717) is 12.2 Å². The van der Waals surface area contributed by atoms with Crippen LogP contribution in [-0.2, 0) is 18.9 Å². The Balaban J connectivity index is 1.81. The van der Waals surface area contributed by atoms with Crippen LogP contribution in [0.25, 0.3) is 11.3 Å². The van der Waals surface area contributed by atoms with Crippen molar-refractivity contribution in [3.8, 4) is 23.1 Å². The molecule has 0 fully saturated rings. The summed E-state index contributed by atoms with van der Waals surface area (Å²) in [5, 5.41) is 26.7. The van der Waals surface area contributed by atoms with Crippen LogP contribution in [-0.4, -0.2) is 45.4 Å². The molecule has 0 radical (unpaired) electrons. The summed E-state index contributed by atoms with van der Waals surface area (Å²) < 4.78 is 7.67. The monoisotopic (exact) mass is 530 g/mol. The molecule has 1 heterocycles. The number of rotatable bonds is 10. The van der Waals surface area contributed by atoms with E-state index >= 15 is 0 Å². The van der Waals surface area contributed by atoms with E-state index in [2.05, 4.69) is 42.2 Å². The van der Waals surface area contributed by atoms with Crippen LogP contribution < -0.4 is 15.0 Å². The van der Waals surface area contributed by atoms with Crippen LogP contribution in [0.4, 0.5) is 0 Å². The van der Waals surface area contributed by atoms with Gasteiger partial charge in [0, 0.05) is 29.8 Å². The number of aryl methyl sites for hydroxylation is 1. The Morgan fingerprint density at radius 2 is 1.95 bits per heavy atom. The lowest BCUT2D eigenvalue weighted by Crippen LogP contribution is -2.46. The highest BCUT2D eigenvalue weighted by molar-refractivity contribution is 5.95. The molecule has 0 bridgehead atoms. The van der Waals surface area contributed by atoms with E-state index in [1.807, 2.05) is 55.9 Å². The summed E-state index contributed by atoms with van der Waals surface area (Å²) in [7, 11) is 1.98. The van der Waals surface area contributed by atoms with Crippen molar-refractivity contribution in [3.05, 3.63) is 71.2 Å². The van der Waals surface area contributed by atoms with Crippen molar-refractivity contribution in [2.45, 2.75) is 64.7 Å². The average Bonchev–Trinajstić information content (AvgIpc) is 3.29. The van der Waals surface area contributed by atoms with E-state index in [4.69, 9.17) is 15.3 Å². The van der Waals surface area contributed by atoms with Crippen molar-refractivity contribution in [1.82, 2.24) is 19.8 Å². The summed E-state index contributed by atoms with van der Waals surface area (Å²) in [5.41, 5.74) is 10.1. The zero-order chi connectivity index (χ0) is 28.7. The summed E-state index contributed by atoms with van der Waals surface area (Å²) >= 11 is 0. The highest BCUT2D eigenvalue weighted by Crippen LogP contribution is 2.26. The van der Waals surface area contributed by atoms with Gasteiger partial charge in [-0.15, -0.1) is 0 Å². The normalized spacial score (nSPS) is 12.8. The van der Waals surface area contributed by atoms with E-state index in [0.717, 1.165) is 22.6 Å². The number of carbonyl (C=O) groups is 1. The minimum absolute atomic E-state index is 0.0827. The summed E-state index contributed by atoms with van der Waals surface area (Å²) in [6.45, 7) is 9.94. The molecule has 0 aliphatic carbocycles. The van der Waals surface area contributed by atoms with Gasteiger partial charge >= 0.3 is 0 Å². The Labute approximate surface area is 228 Å². The molecular weight excluding hydrogens is 494 g/mol. The van der Waals surface area contributed by atoms with E-state index in [9.17, 15) is 15.2 Å². The number of nitriles is 1. The van der Waals surface area contributed by atoms with Crippen molar-refractivity contribution in [2.24, 2.45) is 12.2 Å². The number of aliphatic hydroxyl groups is 1. The Kier molecular flexibility index (Phi) is 9.36. The van der Waals surface area contributed by atoms with Crippen molar-refractivity contribution < 1.29 is 14.6 Å². The second-order valence-corrected chi connectivity index (χ2v) is 10.8. The van der Waals surface area contributed by atoms with Gasteiger partial charge in [0.2, 0.25) is 4.91 Å². The highest BCUT2D eigenvalue weighted by atomic mass is 16.5. The number of carbonyl (C=O) groups excluding carboxylic acids is 1. The molecule has 3 N–H and O–H groups in total. The van der Waals surface area contributed by atoms with Crippen molar-refractivity contribution in [3.63, 3.8) is 0 Å². The number of hydrogen-bond donors (Lipinski definition) is 3. The molecule has 2 atom stereocenters. The highest BCUT2D eigenvalue weighted by Gasteiger charge is 2.25. The van der Waals surface area contributed by atoms with Crippen molar-refractivity contribution in [1.29, 1.82) is 10.8 Å². The van der Waals surface area contributed by atoms with Crippen LogP contribution in [0.2, 0.25) is 0 Å². The van der Waals surface area contributed by atoms with Gasteiger partial charge in [0.25, 0.3) is 5.91 Å². The predicted molar refractivity (Wildman–Crippen MR) is 147 cm³/mol. The number of nitrogens with one attached hydrogen (secondary N) is 2. The third-order valence-electron chi connectivity index (χ3n) is 6.10.